The van der Waals surface area contributed by atoms with Crippen molar-refractivity contribution in [2.24, 2.45) is 10.1 Å². The Morgan fingerprint density at radius 3 is 2.47 bits per heavy atom. The van der Waals surface area contributed by atoms with Crippen LogP contribution in [-0.4, -0.2) is 20.7 Å². The van der Waals surface area contributed by atoms with E-state index >= 15 is 0 Å². The molecule has 2 N–H and O–H groups in total. The normalized spacial score (nSPS) is 17.5. The zero-order valence-electron chi connectivity index (χ0n) is 8.63. The minimum atomic E-state index is -3.65. The maximum absolute atomic E-state index is 11.2. The van der Waals surface area contributed by atoms with Crippen LogP contribution >= 0.6 is 15.9 Å². The molecule has 2 rings (SSSR count). The number of ether oxygens (including phenoxy) is 1. The van der Waals surface area contributed by atoms with Crippen molar-refractivity contribution in [1.82, 2.24) is 0 Å². The van der Waals surface area contributed by atoms with Gasteiger partial charge in [-0.2, -0.15) is 12.8 Å². The van der Waals surface area contributed by atoms with Crippen molar-refractivity contribution in [3.05, 3.63) is 39.8 Å². The van der Waals surface area contributed by atoms with Crippen molar-refractivity contribution >= 4 is 31.7 Å². The molecule has 0 aromatic heterocycles. The fraction of sp³-hybridized carbons (Fsp3) is 0.100. The van der Waals surface area contributed by atoms with Crippen LogP contribution in [-0.2, 0) is 10.0 Å². The lowest BCUT2D eigenvalue weighted by Crippen LogP contribution is -2.07. The summed E-state index contributed by atoms with van der Waals surface area (Å²) in [6.07, 6.45) is 1.30. The van der Waals surface area contributed by atoms with Gasteiger partial charge in [0.15, 0.2) is 5.03 Å². The molecule has 1 aromatic carbocycles. The number of nitrogens with zero attached hydrogens (tertiary/aromatic N) is 1. The summed E-state index contributed by atoms with van der Waals surface area (Å²) in [6.45, 7) is 0.0710. The lowest BCUT2D eigenvalue weighted by molar-refractivity contribution is 0.377. The van der Waals surface area contributed by atoms with Gasteiger partial charge in [0.2, 0.25) is 0 Å². The third-order valence-electron chi connectivity index (χ3n) is 2.04. The Morgan fingerprint density at radius 2 is 1.94 bits per heavy atom. The molecule has 17 heavy (non-hydrogen) atoms. The van der Waals surface area contributed by atoms with E-state index in [9.17, 15) is 8.42 Å². The van der Waals surface area contributed by atoms with Gasteiger partial charge in [0.1, 0.15) is 12.4 Å². The van der Waals surface area contributed by atoms with Crippen LogP contribution in [0, 0.1) is 0 Å². The van der Waals surface area contributed by atoms with E-state index in [1.54, 1.807) is 12.1 Å². The maximum atomic E-state index is 11.2. The minimum Gasteiger partial charge on any atom is -0.487 e. The third kappa shape index (κ3) is 2.86. The molecule has 1 heterocycles. The molecule has 0 saturated heterocycles. The summed E-state index contributed by atoms with van der Waals surface area (Å²) in [5, 5.41) is -0.244. The lowest BCUT2D eigenvalue weighted by Gasteiger charge is -2.03. The van der Waals surface area contributed by atoms with Crippen LogP contribution in [0.15, 0.2) is 44.2 Å². The van der Waals surface area contributed by atoms with E-state index in [0.717, 1.165) is 4.47 Å². The topological polar surface area (TPSA) is 81.8 Å². The first kappa shape index (κ1) is 12.1. The summed E-state index contributed by atoms with van der Waals surface area (Å²) in [6, 6.07) is 7.18. The van der Waals surface area contributed by atoms with Crippen molar-refractivity contribution in [3.8, 4) is 5.75 Å². The van der Waals surface area contributed by atoms with Gasteiger partial charge < -0.3 is 10.5 Å². The highest BCUT2D eigenvalue weighted by molar-refractivity contribution is 9.10. The Kier molecular flexibility index (Phi) is 3.21. The quantitative estimate of drug-likeness (QED) is 0.914. The Labute approximate surface area is 107 Å². The number of hydrogen-bond acceptors (Lipinski definition) is 4. The van der Waals surface area contributed by atoms with Crippen molar-refractivity contribution in [3.63, 3.8) is 0 Å². The molecule has 0 radical (unpaired) electrons. The van der Waals surface area contributed by atoms with Crippen molar-refractivity contribution in [2.75, 3.05) is 6.61 Å². The summed E-state index contributed by atoms with van der Waals surface area (Å²) in [7, 11) is -3.65. The molecule has 90 valence electrons. The second-order valence-corrected chi connectivity index (χ2v) is 5.87. The van der Waals surface area contributed by atoms with Gasteiger partial charge in [-0.1, -0.05) is 15.9 Å². The molecule has 0 fully saturated rings. The van der Waals surface area contributed by atoms with E-state index in [1.807, 2.05) is 12.1 Å². The summed E-state index contributed by atoms with van der Waals surface area (Å²) >= 11 is 3.30. The van der Waals surface area contributed by atoms with Gasteiger partial charge in [0.05, 0.1) is 5.71 Å². The molecule has 0 aliphatic carbocycles. The van der Waals surface area contributed by atoms with Crippen LogP contribution in [0.3, 0.4) is 0 Å². The highest BCUT2D eigenvalue weighted by Crippen LogP contribution is 2.17. The molecule has 5 nitrogen and oxygen atoms in total. The first-order chi connectivity index (χ1) is 7.97. The van der Waals surface area contributed by atoms with Gasteiger partial charge >= 0.3 is 0 Å². The predicted molar refractivity (Wildman–Crippen MR) is 68.3 cm³/mol. The monoisotopic (exact) mass is 316 g/mol. The molecule has 1 aliphatic rings. The van der Waals surface area contributed by atoms with Crippen LogP contribution in [0.5, 0.6) is 5.75 Å². The molecule has 1 aromatic rings. The largest absolute Gasteiger partial charge is 0.487 e. The molecule has 0 saturated carbocycles. The van der Waals surface area contributed by atoms with E-state index in [-0.39, 0.29) is 11.6 Å². The molecule has 0 spiro atoms. The van der Waals surface area contributed by atoms with Crippen LogP contribution in [0.2, 0.25) is 0 Å². The average molecular weight is 317 g/mol. The zero-order chi connectivity index (χ0) is 12.5. The Hall–Kier alpha value is -1.34. The van der Waals surface area contributed by atoms with Gasteiger partial charge in [-0.25, -0.2) is 0 Å². The highest BCUT2D eigenvalue weighted by atomic mass is 79.9. The van der Waals surface area contributed by atoms with E-state index < -0.39 is 10.0 Å². The van der Waals surface area contributed by atoms with Gasteiger partial charge in [-0.3, -0.25) is 0 Å². The number of sulfonamides is 1. The molecule has 0 bridgehead atoms. The molecule has 1 aliphatic heterocycles. The van der Waals surface area contributed by atoms with Gasteiger partial charge in [-0.05, 0) is 24.3 Å². The van der Waals surface area contributed by atoms with Crippen LogP contribution < -0.4 is 10.5 Å². The van der Waals surface area contributed by atoms with E-state index in [4.69, 9.17) is 10.5 Å². The van der Waals surface area contributed by atoms with Gasteiger partial charge in [-0.15, -0.1) is 0 Å². The van der Waals surface area contributed by atoms with Gasteiger partial charge in [0, 0.05) is 10.5 Å². The second kappa shape index (κ2) is 4.50. The van der Waals surface area contributed by atoms with Crippen molar-refractivity contribution in [1.29, 1.82) is 0 Å². The summed E-state index contributed by atoms with van der Waals surface area (Å²) in [5.74, 6) is 0.632. The minimum absolute atomic E-state index is 0.0710. The fourth-order valence-electron chi connectivity index (χ4n) is 1.23. The number of hydrogen-bond donors (Lipinski definition) is 1. The smallest absolute Gasteiger partial charge is 0.297 e. The number of benzene rings is 1. The highest BCUT2D eigenvalue weighted by Gasteiger charge is 2.21. The Morgan fingerprint density at radius 1 is 1.29 bits per heavy atom. The van der Waals surface area contributed by atoms with Crippen LogP contribution in [0.1, 0.15) is 0 Å². The summed E-state index contributed by atoms with van der Waals surface area (Å²) < 4.78 is 32.2. The molecule has 0 unspecified atom stereocenters. The van der Waals surface area contributed by atoms with E-state index in [0.29, 0.717) is 11.5 Å². The maximum Gasteiger partial charge on any atom is 0.297 e. The van der Waals surface area contributed by atoms with Crippen LogP contribution in [0.25, 0.3) is 0 Å². The van der Waals surface area contributed by atoms with Crippen molar-refractivity contribution < 1.29 is 13.2 Å². The number of rotatable bonds is 3. The predicted octanol–water partition coefficient (Wildman–Crippen LogP) is 1.41. The molecular formula is C10H9BrN2O3S. The second-order valence-electron chi connectivity index (χ2n) is 3.35. The molecule has 7 heteroatoms. The lowest BCUT2D eigenvalue weighted by atomic mass is 10.3. The van der Waals surface area contributed by atoms with Crippen LogP contribution in [0.4, 0.5) is 0 Å². The third-order valence-corrected chi connectivity index (χ3v) is 3.76. The first-order valence-corrected chi connectivity index (χ1v) is 6.90. The fourth-order valence-corrected chi connectivity index (χ4v) is 2.30. The molecular weight excluding hydrogens is 308 g/mol. The number of nitrogens with two attached hydrogens (primary N) is 1. The average Bonchev–Trinajstić information content (AvgIpc) is 2.52. The summed E-state index contributed by atoms with van der Waals surface area (Å²) in [4.78, 5) is 0. The summed E-state index contributed by atoms with van der Waals surface area (Å²) in [5.41, 5.74) is 5.59. The molecule has 0 amide bonds. The molecule has 0 atom stereocenters. The first-order valence-electron chi connectivity index (χ1n) is 4.67. The zero-order valence-corrected chi connectivity index (χ0v) is 11.0. The van der Waals surface area contributed by atoms with E-state index in [1.165, 1.54) is 6.08 Å². The SMILES string of the molecule is NC1=CC(COc2ccc(Br)cc2)=NS1(=O)=O. The van der Waals surface area contributed by atoms with Gasteiger partial charge in [0.25, 0.3) is 10.0 Å². The Balaban J connectivity index is 2.03. The van der Waals surface area contributed by atoms with E-state index in [2.05, 4.69) is 20.3 Å². The Bertz CT molecular complexity index is 590. The van der Waals surface area contributed by atoms with Crippen molar-refractivity contribution in [2.45, 2.75) is 0 Å². The number of halogens is 1. The standard InChI is InChI=1S/C10H9BrN2O3S/c11-7-1-3-9(4-2-7)16-6-8-5-10(12)17(14,15)13-8/h1-5H,6,12H2.